The molecule has 3 heterocycles. The summed E-state index contributed by atoms with van der Waals surface area (Å²) in [6.07, 6.45) is 4.76. The third-order valence-corrected chi connectivity index (χ3v) is 9.03. The molecule has 2 aromatic carbocycles. The molecule has 0 bridgehead atoms. The summed E-state index contributed by atoms with van der Waals surface area (Å²) in [5.74, 6) is 0.252. The first-order valence-corrected chi connectivity index (χ1v) is 12.7. The van der Waals surface area contributed by atoms with E-state index in [1.54, 1.807) is 42.7 Å². The summed E-state index contributed by atoms with van der Waals surface area (Å²) in [5, 5.41) is 0.882. The molecule has 1 unspecified atom stereocenters. The molecule has 7 nitrogen and oxygen atoms in total. The topological polar surface area (TPSA) is 93.1 Å². The molecule has 1 aliphatic rings. The zero-order valence-electron chi connectivity index (χ0n) is 15.8. The summed E-state index contributed by atoms with van der Waals surface area (Å²) in [6, 6.07) is 10.3. The Hall–Kier alpha value is -2.69. The van der Waals surface area contributed by atoms with Gasteiger partial charge in [0.2, 0.25) is 0 Å². The summed E-state index contributed by atoms with van der Waals surface area (Å²) in [4.78, 5) is 13.2. The number of aryl methyl sites for hydroxylation is 1. The van der Waals surface area contributed by atoms with Crippen molar-refractivity contribution >= 4 is 48.1 Å². The molecule has 152 valence electrons. The second-order valence-corrected chi connectivity index (χ2v) is 11.4. The Morgan fingerprint density at radius 1 is 1.07 bits per heavy atom. The Kier molecular flexibility index (Phi) is 4.64. The normalized spacial score (nSPS) is 16.6. The highest BCUT2D eigenvalue weighted by atomic mass is 32.2. The van der Waals surface area contributed by atoms with E-state index in [0.717, 1.165) is 26.4 Å². The van der Waals surface area contributed by atoms with Gasteiger partial charge < -0.3 is 0 Å². The van der Waals surface area contributed by atoms with Crippen LogP contribution in [0.5, 0.6) is 0 Å². The molecular weight excluding hydrogens is 440 g/mol. The molecule has 10 heteroatoms. The highest BCUT2D eigenvalue weighted by Crippen LogP contribution is 2.36. The summed E-state index contributed by atoms with van der Waals surface area (Å²) < 4.78 is 41.8. The number of sulfonamides is 1. The van der Waals surface area contributed by atoms with Crippen molar-refractivity contribution in [2.75, 3.05) is 16.6 Å². The molecular formula is C20H16N4O3S3. The van der Waals surface area contributed by atoms with Crippen molar-refractivity contribution in [3.8, 4) is 11.1 Å². The molecule has 0 saturated heterocycles. The van der Waals surface area contributed by atoms with Gasteiger partial charge in [-0.25, -0.2) is 23.4 Å². The fourth-order valence-corrected chi connectivity index (χ4v) is 7.29. The van der Waals surface area contributed by atoms with Crippen molar-refractivity contribution in [3.05, 3.63) is 60.1 Å². The summed E-state index contributed by atoms with van der Waals surface area (Å²) >= 11 is 1.46. The lowest BCUT2D eigenvalue weighted by Gasteiger charge is -2.30. The number of hydrogen-bond acceptors (Lipinski definition) is 7. The number of nitrogens with zero attached hydrogens (tertiary/aromatic N) is 4. The van der Waals surface area contributed by atoms with Gasteiger partial charge in [-0.1, -0.05) is 6.07 Å². The zero-order chi connectivity index (χ0) is 20.9. The van der Waals surface area contributed by atoms with Crippen molar-refractivity contribution in [1.82, 2.24) is 15.0 Å². The minimum atomic E-state index is -3.83. The Morgan fingerprint density at radius 3 is 2.67 bits per heavy atom. The zero-order valence-corrected chi connectivity index (χ0v) is 18.3. The van der Waals surface area contributed by atoms with E-state index < -0.39 is 20.8 Å². The maximum absolute atomic E-state index is 13.5. The van der Waals surface area contributed by atoms with Gasteiger partial charge in [-0.2, -0.15) is 0 Å². The third-order valence-electron chi connectivity index (χ3n) is 4.90. The number of rotatable bonds is 3. The van der Waals surface area contributed by atoms with Crippen LogP contribution in [0.15, 0.2) is 64.9 Å². The van der Waals surface area contributed by atoms with Crippen LogP contribution in [-0.4, -0.2) is 39.9 Å². The van der Waals surface area contributed by atoms with Crippen molar-refractivity contribution in [3.63, 3.8) is 0 Å². The number of hydrogen-bond donors (Lipinski definition) is 0. The number of thiazole rings is 1. The quantitative estimate of drug-likeness (QED) is 0.469. The number of aromatic nitrogens is 3. The second-order valence-electron chi connectivity index (χ2n) is 6.80. The molecule has 1 atom stereocenters. The van der Waals surface area contributed by atoms with Gasteiger partial charge in [0.1, 0.15) is 6.33 Å². The van der Waals surface area contributed by atoms with E-state index in [0.29, 0.717) is 10.6 Å². The molecule has 0 fully saturated rings. The minimum absolute atomic E-state index is 0.149. The predicted molar refractivity (Wildman–Crippen MR) is 118 cm³/mol. The van der Waals surface area contributed by atoms with Crippen LogP contribution in [0.2, 0.25) is 0 Å². The van der Waals surface area contributed by atoms with Crippen molar-refractivity contribution in [2.45, 2.75) is 16.7 Å². The first-order chi connectivity index (χ1) is 14.4. The monoisotopic (exact) mass is 456 g/mol. The van der Waals surface area contributed by atoms with Crippen LogP contribution in [0, 0.1) is 6.92 Å². The van der Waals surface area contributed by atoms with E-state index in [1.165, 1.54) is 22.0 Å². The van der Waals surface area contributed by atoms with E-state index in [1.807, 2.05) is 13.0 Å². The second kappa shape index (κ2) is 7.22. The molecule has 0 saturated carbocycles. The Balaban J connectivity index is 1.64. The predicted octanol–water partition coefficient (Wildman–Crippen LogP) is 3.38. The van der Waals surface area contributed by atoms with E-state index in [-0.39, 0.29) is 17.2 Å². The van der Waals surface area contributed by atoms with Crippen molar-refractivity contribution in [1.29, 1.82) is 0 Å². The lowest BCUT2D eigenvalue weighted by molar-refractivity contribution is 0.591. The maximum Gasteiger partial charge on any atom is 0.264 e. The lowest BCUT2D eigenvalue weighted by atomic mass is 10.1. The summed E-state index contributed by atoms with van der Waals surface area (Å²) in [5.41, 5.74) is 2.74. The van der Waals surface area contributed by atoms with Crippen LogP contribution in [-0.2, 0) is 20.8 Å². The highest BCUT2D eigenvalue weighted by Gasteiger charge is 2.32. The fourth-order valence-electron chi connectivity index (χ4n) is 3.49. The van der Waals surface area contributed by atoms with Gasteiger partial charge in [0.15, 0.2) is 0 Å². The highest BCUT2D eigenvalue weighted by molar-refractivity contribution is 7.93. The first-order valence-electron chi connectivity index (χ1n) is 9.11. The van der Waals surface area contributed by atoms with Gasteiger partial charge in [0.25, 0.3) is 10.0 Å². The maximum atomic E-state index is 13.5. The van der Waals surface area contributed by atoms with E-state index in [9.17, 15) is 12.6 Å². The largest absolute Gasteiger partial charge is 0.264 e. The van der Waals surface area contributed by atoms with Gasteiger partial charge >= 0.3 is 0 Å². The molecule has 1 aliphatic heterocycles. The van der Waals surface area contributed by atoms with Crippen LogP contribution in [0.1, 0.15) is 5.01 Å². The molecule has 0 spiro atoms. The van der Waals surface area contributed by atoms with E-state index >= 15 is 0 Å². The molecule has 30 heavy (non-hydrogen) atoms. The lowest BCUT2D eigenvalue weighted by Crippen LogP contribution is -2.38. The van der Waals surface area contributed by atoms with Crippen LogP contribution in [0.4, 0.5) is 5.69 Å². The molecule has 5 rings (SSSR count). The van der Waals surface area contributed by atoms with Crippen LogP contribution in [0.25, 0.3) is 21.3 Å². The van der Waals surface area contributed by atoms with Gasteiger partial charge in [0.05, 0.1) is 41.5 Å². The Morgan fingerprint density at radius 2 is 1.87 bits per heavy atom. The molecule has 0 amide bonds. The average molecular weight is 457 g/mol. The summed E-state index contributed by atoms with van der Waals surface area (Å²) in [6.45, 7) is 2.04. The van der Waals surface area contributed by atoms with Gasteiger partial charge in [-0.05, 0) is 42.8 Å². The van der Waals surface area contributed by atoms with Gasteiger partial charge in [0, 0.05) is 30.3 Å². The Bertz CT molecular complexity index is 1400. The SMILES string of the molecule is Cc1nc2ccc(S(=O)(=O)N3CCS(=O)c4ccc(-c5cncnc5)cc43)cc2s1. The molecule has 0 N–H and O–H groups in total. The average Bonchev–Trinajstić information content (AvgIpc) is 3.13. The first kappa shape index (κ1) is 19.3. The standard InChI is InChI=1S/C20H16N4O3S3/c1-13-23-17-4-3-16(9-19(17)28-13)30(26,27)24-6-7-29(25)20-5-2-14(8-18(20)24)15-10-21-12-22-11-15/h2-5,8-12H,6-7H2,1H3. The molecule has 2 aromatic heterocycles. The summed E-state index contributed by atoms with van der Waals surface area (Å²) in [7, 11) is -5.09. The number of anilines is 1. The molecule has 4 aromatic rings. The van der Waals surface area contributed by atoms with E-state index in [2.05, 4.69) is 15.0 Å². The number of benzene rings is 2. The van der Waals surface area contributed by atoms with Crippen molar-refractivity contribution in [2.24, 2.45) is 0 Å². The van der Waals surface area contributed by atoms with Crippen LogP contribution >= 0.6 is 11.3 Å². The number of fused-ring (bicyclic) bond motifs is 2. The molecule has 0 aliphatic carbocycles. The Labute approximate surface area is 180 Å². The minimum Gasteiger partial charge on any atom is -0.264 e. The smallest absolute Gasteiger partial charge is 0.264 e. The van der Waals surface area contributed by atoms with Gasteiger partial charge in [-0.3, -0.25) is 8.51 Å². The third kappa shape index (κ3) is 3.21. The van der Waals surface area contributed by atoms with Crippen molar-refractivity contribution < 1.29 is 12.6 Å². The van der Waals surface area contributed by atoms with Gasteiger partial charge in [-0.15, -0.1) is 11.3 Å². The fraction of sp³-hybridized carbons (Fsp3) is 0.150. The van der Waals surface area contributed by atoms with Crippen LogP contribution < -0.4 is 4.31 Å². The van der Waals surface area contributed by atoms with E-state index in [4.69, 9.17) is 0 Å². The van der Waals surface area contributed by atoms with Crippen LogP contribution in [0.3, 0.4) is 0 Å². The molecule has 0 radical (unpaired) electrons.